The predicted molar refractivity (Wildman–Crippen MR) is 203 cm³/mol. The minimum absolute atomic E-state index is 0.00158. The average Bonchev–Trinajstić information content (AvgIpc) is 3.67. The third-order valence-corrected chi connectivity index (χ3v) is 10.5. The van der Waals surface area contributed by atoms with Crippen molar-refractivity contribution in [2.45, 2.75) is 107 Å². The molecule has 0 aliphatic heterocycles. The first kappa shape index (κ1) is 44.4. The van der Waals surface area contributed by atoms with Crippen molar-refractivity contribution in [2.24, 2.45) is 11.8 Å². The lowest BCUT2D eigenvalue weighted by Gasteiger charge is -2.34. The van der Waals surface area contributed by atoms with Crippen LogP contribution in [0.25, 0.3) is 0 Å². The van der Waals surface area contributed by atoms with E-state index < -0.39 is 66.6 Å². The molecule has 0 radical (unpaired) electrons. The van der Waals surface area contributed by atoms with Crippen molar-refractivity contribution in [1.82, 2.24) is 25.4 Å². The van der Waals surface area contributed by atoms with Gasteiger partial charge in [-0.15, -0.1) is 30.1 Å². The van der Waals surface area contributed by atoms with Gasteiger partial charge in [0, 0.05) is 38.4 Å². The van der Waals surface area contributed by atoms with Crippen molar-refractivity contribution in [3.05, 3.63) is 52.5 Å². The predicted octanol–water partition coefficient (Wildman–Crippen LogP) is 4.53. The first-order chi connectivity index (χ1) is 25.7. The average molecular weight is 774 g/mol. The van der Waals surface area contributed by atoms with E-state index >= 15 is 0 Å². The monoisotopic (exact) mass is 773 g/mol. The Kier molecular flexibility index (Phi) is 18.5. The fraction of sp³-hybridized carbons (Fsp3) is 0.600. The zero-order valence-electron chi connectivity index (χ0n) is 31.1. The van der Waals surface area contributed by atoms with Crippen molar-refractivity contribution < 1.29 is 37.8 Å². The quantitative estimate of drug-likeness (QED) is 0.108. The van der Waals surface area contributed by atoms with E-state index in [-0.39, 0.29) is 38.3 Å². The fourth-order valence-corrected chi connectivity index (χ4v) is 7.43. The van der Waals surface area contributed by atoms with Gasteiger partial charge in [-0.3, -0.25) is 19.3 Å². The Hall–Kier alpha value is -3.95. The topological polar surface area (TPSA) is 135 Å². The zero-order chi connectivity index (χ0) is 39.7. The molecule has 1 heterocycles. The molecule has 3 amide bonds. The van der Waals surface area contributed by atoms with Crippen LogP contribution in [0.5, 0.6) is 0 Å². The molecule has 296 valence electrons. The van der Waals surface area contributed by atoms with Crippen LogP contribution in [0.2, 0.25) is 0 Å². The smallest absolute Gasteiger partial charge is 0.390 e. The molecule has 1 aromatic carbocycles. The van der Waals surface area contributed by atoms with E-state index in [4.69, 9.17) is 12.8 Å². The van der Waals surface area contributed by atoms with E-state index in [1.807, 2.05) is 6.07 Å². The molecule has 10 nitrogen and oxygen atoms in total. The summed E-state index contributed by atoms with van der Waals surface area (Å²) in [6.07, 6.45) is 10.9. The number of aliphatic hydroxyl groups excluding tert-OH is 2. The number of hydrogen-bond acceptors (Lipinski definition) is 8. The molecule has 0 spiro atoms. The largest absolute Gasteiger partial charge is 0.401 e. The highest BCUT2D eigenvalue weighted by Crippen LogP contribution is 2.29. The highest BCUT2D eigenvalue weighted by molar-refractivity contribution is 7.07. The number of thiazole rings is 1. The molecule has 3 rings (SSSR count). The molecule has 2 aromatic rings. The molecule has 4 N–H and O–H groups in total. The molecular formula is C40H54F3N5O5S. The van der Waals surface area contributed by atoms with Crippen LogP contribution in [-0.2, 0) is 20.8 Å². The van der Waals surface area contributed by atoms with Crippen LogP contribution in [0, 0.1) is 36.5 Å². The maximum atomic E-state index is 14.3. The molecule has 0 bridgehead atoms. The summed E-state index contributed by atoms with van der Waals surface area (Å²) in [5, 5.41) is 29.7. The van der Waals surface area contributed by atoms with Crippen LogP contribution in [-0.4, -0.2) is 107 Å². The highest BCUT2D eigenvalue weighted by atomic mass is 32.1. The Bertz CT molecular complexity index is 1520. The lowest BCUT2D eigenvalue weighted by Crippen LogP contribution is -2.57. The number of benzene rings is 1. The first-order valence-electron chi connectivity index (χ1n) is 18.5. The summed E-state index contributed by atoms with van der Waals surface area (Å²) in [5.74, 6) is 1.55. The number of hydrogen-bond donors (Lipinski definition) is 4. The van der Waals surface area contributed by atoms with Crippen molar-refractivity contribution in [3.8, 4) is 24.7 Å². The first-order valence-corrected chi connectivity index (χ1v) is 19.4. The van der Waals surface area contributed by atoms with Gasteiger partial charge in [0.15, 0.2) is 0 Å². The van der Waals surface area contributed by atoms with Crippen LogP contribution in [0.1, 0.15) is 81.4 Å². The van der Waals surface area contributed by atoms with Gasteiger partial charge in [-0.05, 0) is 44.2 Å². The van der Waals surface area contributed by atoms with Gasteiger partial charge in [0.2, 0.25) is 17.7 Å². The molecule has 1 saturated carbocycles. The molecule has 6 atom stereocenters. The normalized spacial score (nSPS) is 16.9. The number of carbonyl (C=O) groups excluding carboxylic acids is 3. The van der Waals surface area contributed by atoms with Gasteiger partial charge in [0.05, 0.1) is 47.8 Å². The molecule has 0 saturated heterocycles. The van der Waals surface area contributed by atoms with Crippen LogP contribution in [0.3, 0.4) is 0 Å². The Balaban J connectivity index is 1.89. The number of likely N-dealkylation sites (N-methyl/N-ethyl adjacent to an activating group) is 2. The lowest BCUT2D eigenvalue weighted by atomic mass is 9.82. The number of unbranched alkanes of at least 4 members (excludes halogenated alkanes) is 1. The minimum Gasteiger partial charge on any atom is -0.390 e. The van der Waals surface area contributed by atoms with Gasteiger partial charge in [-0.25, -0.2) is 4.98 Å². The van der Waals surface area contributed by atoms with Gasteiger partial charge in [0.25, 0.3) is 0 Å². The molecular weight excluding hydrogens is 720 g/mol. The number of alkyl halides is 3. The van der Waals surface area contributed by atoms with E-state index in [1.165, 1.54) is 30.3 Å². The zero-order valence-corrected chi connectivity index (χ0v) is 32.0. The van der Waals surface area contributed by atoms with Gasteiger partial charge in [-0.2, -0.15) is 13.2 Å². The standard InChI is InChI=1S/C40H54F3N5O5S/c1-5-7-10-19-34(49)37(51)32(23-29-17-13-9-14-18-29)45-39(53)36(31(6-2)33-25-54-27-44-33)46-38(52)30(22-28-15-11-8-12-16-28)24-35(50)48(4)21-20-47(3)26-40(41,42)43/h1-2,8,11-12,15-16,25,27,29-32,34,36-37,49,51H,7,9-10,13-14,17-24,26H2,3-4H3,(H,45,53)(H,46,52)/t30?,31?,32?,34?,36-,37+/m0/s1. The lowest BCUT2D eigenvalue weighted by molar-refractivity contribution is -0.144. The number of nitrogens with zero attached hydrogens (tertiary/aromatic N) is 3. The molecule has 54 heavy (non-hydrogen) atoms. The number of halogens is 3. The maximum absolute atomic E-state index is 14.3. The SMILES string of the molecule is C#CCCCC(O)[C@H](O)C(CC1CCCCC1)NC(=O)[C@@H](NC(=O)C(CC(=O)N(C)CCN(C)CC(F)(F)F)Cc1ccccc1)C(C#C)c1cscn1. The van der Waals surface area contributed by atoms with Crippen molar-refractivity contribution >= 4 is 29.1 Å². The maximum Gasteiger partial charge on any atom is 0.401 e. The Morgan fingerprint density at radius 2 is 1.74 bits per heavy atom. The third kappa shape index (κ3) is 15.1. The number of nitrogens with one attached hydrogen (secondary N) is 2. The van der Waals surface area contributed by atoms with Crippen LogP contribution in [0.4, 0.5) is 13.2 Å². The second-order valence-corrected chi connectivity index (χ2v) is 15.0. The summed E-state index contributed by atoms with van der Waals surface area (Å²) >= 11 is 1.26. The van der Waals surface area contributed by atoms with Crippen molar-refractivity contribution in [1.29, 1.82) is 0 Å². The summed E-state index contributed by atoms with van der Waals surface area (Å²) in [7, 11) is 2.78. The van der Waals surface area contributed by atoms with Crippen LogP contribution in [0.15, 0.2) is 41.2 Å². The van der Waals surface area contributed by atoms with E-state index in [9.17, 15) is 37.8 Å². The fourth-order valence-electron chi connectivity index (χ4n) is 6.84. The number of carbonyl (C=O) groups is 3. The summed E-state index contributed by atoms with van der Waals surface area (Å²) in [5.41, 5.74) is 2.68. The van der Waals surface area contributed by atoms with Gasteiger partial charge in [0.1, 0.15) is 6.04 Å². The second kappa shape index (κ2) is 22.4. The molecule has 14 heteroatoms. The third-order valence-electron chi connectivity index (χ3n) is 9.94. The van der Waals surface area contributed by atoms with Gasteiger partial charge in [-0.1, -0.05) is 68.4 Å². The van der Waals surface area contributed by atoms with Gasteiger partial charge >= 0.3 is 6.18 Å². The summed E-state index contributed by atoms with van der Waals surface area (Å²) in [6, 6.07) is 6.77. The highest BCUT2D eigenvalue weighted by Gasteiger charge is 2.38. The molecule has 1 aromatic heterocycles. The van der Waals surface area contributed by atoms with Gasteiger partial charge < -0.3 is 25.7 Å². The summed E-state index contributed by atoms with van der Waals surface area (Å²) in [4.78, 5) is 48.7. The second-order valence-electron chi connectivity index (χ2n) is 14.3. The van der Waals surface area contributed by atoms with Crippen LogP contribution >= 0.6 is 11.3 Å². The number of amides is 3. The molecule has 1 fully saturated rings. The number of rotatable bonds is 21. The summed E-state index contributed by atoms with van der Waals surface area (Å²) < 4.78 is 38.6. The number of aliphatic hydroxyl groups is 2. The molecule has 1 aliphatic carbocycles. The van der Waals surface area contributed by atoms with E-state index in [2.05, 4.69) is 27.5 Å². The minimum atomic E-state index is -4.39. The van der Waals surface area contributed by atoms with Crippen LogP contribution < -0.4 is 10.6 Å². The number of terminal acetylenes is 2. The molecule has 1 aliphatic rings. The van der Waals surface area contributed by atoms with E-state index in [1.54, 1.807) is 35.2 Å². The Morgan fingerprint density at radius 3 is 2.35 bits per heavy atom. The summed E-state index contributed by atoms with van der Waals surface area (Å²) in [6.45, 7) is -1.17. The van der Waals surface area contributed by atoms with Crippen molar-refractivity contribution in [2.75, 3.05) is 33.7 Å². The Morgan fingerprint density at radius 1 is 1.04 bits per heavy atom. The number of aromatic nitrogens is 1. The Labute approximate surface area is 321 Å². The van der Waals surface area contributed by atoms with E-state index in [0.717, 1.165) is 42.6 Å². The van der Waals surface area contributed by atoms with Crippen molar-refractivity contribution in [3.63, 3.8) is 0 Å². The molecule has 4 unspecified atom stereocenters. The van der Waals surface area contributed by atoms with E-state index in [0.29, 0.717) is 25.0 Å².